The minimum atomic E-state index is -2.64. The van der Waals surface area contributed by atoms with Crippen molar-refractivity contribution in [3.05, 3.63) is 34.7 Å². The molecule has 1 aromatic carbocycles. The van der Waals surface area contributed by atoms with Gasteiger partial charge in [-0.1, -0.05) is 28.1 Å². The zero-order valence-corrected chi connectivity index (χ0v) is 9.18. The van der Waals surface area contributed by atoms with Gasteiger partial charge < -0.3 is 0 Å². The molecule has 0 aromatic heterocycles. The predicted octanol–water partition coefficient (Wildman–Crippen LogP) is 3.68. The van der Waals surface area contributed by atoms with Crippen LogP contribution in [0.2, 0.25) is 0 Å². The number of hydrogen-bond donors (Lipinski definition) is 2. The molecular weight excluding hydrogens is 252 g/mol. The minimum Gasteiger partial charge on any atom is -0.291 e. The molecule has 0 spiro atoms. The molecule has 4 heteroatoms. The number of rotatable bonds is 1. The van der Waals surface area contributed by atoms with Gasteiger partial charge >= 0.3 is 0 Å². The molecule has 1 aliphatic rings. The number of hydrogen-bond acceptors (Lipinski definition) is 2. The van der Waals surface area contributed by atoms with Crippen LogP contribution in [0.4, 0.5) is 0 Å². The van der Waals surface area contributed by atoms with Crippen molar-refractivity contribution < 1.29 is 9.11 Å². The Labute approximate surface area is 86.8 Å². The topological polar surface area (TPSA) is 40.5 Å². The number of halogens is 1. The van der Waals surface area contributed by atoms with E-state index in [4.69, 9.17) is 0 Å². The van der Waals surface area contributed by atoms with Crippen molar-refractivity contribution in [2.45, 2.75) is 10.2 Å². The summed E-state index contributed by atoms with van der Waals surface area (Å²) in [7, 11) is -2.64. The summed E-state index contributed by atoms with van der Waals surface area (Å²) < 4.78 is 19.2. The molecule has 70 valence electrons. The van der Waals surface area contributed by atoms with E-state index in [2.05, 4.69) is 15.9 Å². The van der Waals surface area contributed by atoms with E-state index in [-0.39, 0.29) is 0 Å². The summed E-state index contributed by atoms with van der Waals surface area (Å²) in [5.41, 5.74) is 2.03. The Bertz CT molecular complexity index is 374. The lowest BCUT2D eigenvalue weighted by Crippen LogP contribution is -1.93. The molecule has 2 nitrogen and oxygen atoms in total. The van der Waals surface area contributed by atoms with E-state index in [1.54, 1.807) is 12.1 Å². The molecule has 1 aromatic rings. The lowest BCUT2D eigenvalue weighted by Gasteiger charge is -2.25. The summed E-state index contributed by atoms with van der Waals surface area (Å²) in [6, 6.07) is 5.58. The van der Waals surface area contributed by atoms with Crippen molar-refractivity contribution >= 4 is 32.6 Å². The summed E-state index contributed by atoms with van der Waals surface area (Å²) in [5, 5.41) is 2.21. The molecule has 2 N–H and O–H groups in total. The summed E-state index contributed by atoms with van der Waals surface area (Å²) in [6.45, 7) is 0. The van der Waals surface area contributed by atoms with Gasteiger partial charge in [0.15, 0.2) is 0 Å². The molecule has 1 heterocycles. The predicted molar refractivity (Wildman–Crippen MR) is 59.2 cm³/mol. The van der Waals surface area contributed by atoms with Crippen molar-refractivity contribution in [2.24, 2.45) is 0 Å². The second kappa shape index (κ2) is 3.13. The standard InChI is InChI=1S/C9H9BrO2S/c10-6-7-2-1-3-9-8(7)4-5-13(9,11)12/h1-5,11-12H,6H2. The van der Waals surface area contributed by atoms with E-state index in [1.165, 1.54) is 5.41 Å². The zero-order chi connectivity index (χ0) is 9.47. The van der Waals surface area contributed by atoms with Crippen LogP contribution in [-0.4, -0.2) is 9.11 Å². The highest BCUT2D eigenvalue weighted by atomic mass is 79.9. The molecule has 0 aliphatic carbocycles. The molecule has 0 radical (unpaired) electrons. The van der Waals surface area contributed by atoms with Crippen LogP contribution in [0.3, 0.4) is 0 Å². The maximum atomic E-state index is 9.60. The van der Waals surface area contributed by atoms with Gasteiger partial charge in [0.25, 0.3) is 0 Å². The minimum absolute atomic E-state index is 0.643. The third-order valence-corrected chi connectivity index (χ3v) is 4.17. The second-order valence-corrected chi connectivity index (χ2v) is 5.32. The lowest BCUT2D eigenvalue weighted by molar-refractivity contribution is 0.500. The Morgan fingerprint density at radius 3 is 2.77 bits per heavy atom. The van der Waals surface area contributed by atoms with Gasteiger partial charge in [0, 0.05) is 16.3 Å². The van der Waals surface area contributed by atoms with Crippen LogP contribution in [0.1, 0.15) is 11.1 Å². The normalized spacial score (nSPS) is 19.9. The first kappa shape index (κ1) is 9.27. The smallest absolute Gasteiger partial charge is 0.0706 e. The highest BCUT2D eigenvalue weighted by molar-refractivity contribution is 9.08. The number of alkyl halides is 1. The highest BCUT2D eigenvalue weighted by Gasteiger charge is 2.22. The molecule has 0 atom stereocenters. The van der Waals surface area contributed by atoms with E-state index >= 15 is 0 Å². The maximum Gasteiger partial charge on any atom is 0.0706 e. The van der Waals surface area contributed by atoms with Crippen molar-refractivity contribution in [1.82, 2.24) is 0 Å². The first-order valence-electron chi connectivity index (χ1n) is 3.79. The maximum absolute atomic E-state index is 9.60. The van der Waals surface area contributed by atoms with Crippen LogP contribution in [0.25, 0.3) is 6.08 Å². The third-order valence-electron chi connectivity index (χ3n) is 2.05. The number of benzene rings is 1. The van der Waals surface area contributed by atoms with Crippen molar-refractivity contribution in [3.8, 4) is 0 Å². The fraction of sp³-hybridized carbons (Fsp3) is 0.111. The van der Waals surface area contributed by atoms with Crippen molar-refractivity contribution in [3.63, 3.8) is 0 Å². The lowest BCUT2D eigenvalue weighted by atomic mass is 10.1. The third kappa shape index (κ3) is 1.44. The van der Waals surface area contributed by atoms with Gasteiger partial charge in [-0.25, -0.2) is 0 Å². The molecule has 2 rings (SSSR count). The number of fused-ring (bicyclic) bond motifs is 1. The Kier molecular flexibility index (Phi) is 2.23. The highest BCUT2D eigenvalue weighted by Crippen LogP contribution is 2.56. The Morgan fingerprint density at radius 2 is 2.08 bits per heavy atom. The average molecular weight is 261 g/mol. The Balaban J connectivity index is 2.62. The molecule has 0 unspecified atom stereocenters. The van der Waals surface area contributed by atoms with Gasteiger partial charge in [-0.05, 0) is 17.7 Å². The van der Waals surface area contributed by atoms with Gasteiger partial charge in [-0.15, -0.1) is 10.6 Å². The van der Waals surface area contributed by atoms with E-state index in [1.807, 2.05) is 12.1 Å². The first-order chi connectivity index (χ1) is 6.15. The zero-order valence-electron chi connectivity index (χ0n) is 6.77. The fourth-order valence-corrected chi connectivity index (χ4v) is 3.16. The van der Waals surface area contributed by atoms with Crippen molar-refractivity contribution in [2.75, 3.05) is 0 Å². The van der Waals surface area contributed by atoms with E-state index < -0.39 is 10.6 Å². The summed E-state index contributed by atoms with van der Waals surface area (Å²) >= 11 is 3.36. The van der Waals surface area contributed by atoms with Gasteiger partial charge in [-0.2, -0.15) is 0 Å². The average Bonchev–Trinajstić information content (AvgIpc) is 2.43. The molecule has 0 saturated heterocycles. The first-order valence-corrected chi connectivity index (χ1v) is 6.52. The Morgan fingerprint density at radius 1 is 1.31 bits per heavy atom. The van der Waals surface area contributed by atoms with Crippen LogP contribution in [0.5, 0.6) is 0 Å². The van der Waals surface area contributed by atoms with Gasteiger partial charge in [-0.3, -0.25) is 9.11 Å². The van der Waals surface area contributed by atoms with Crippen LogP contribution in [0.15, 0.2) is 28.5 Å². The molecular formula is C9H9BrO2S. The van der Waals surface area contributed by atoms with Crippen molar-refractivity contribution in [1.29, 1.82) is 0 Å². The summed E-state index contributed by atoms with van der Waals surface area (Å²) in [4.78, 5) is 0.643. The van der Waals surface area contributed by atoms with Crippen LogP contribution < -0.4 is 0 Å². The van der Waals surface area contributed by atoms with Gasteiger partial charge in [0.1, 0.15) is 0 Å². The molecule has 0 amide bonds. The molecule has 0 saturated carbocycles. The summed E-state index contributed by atoms with van der Waals surface area (Å²) in [6.07, 6.45) is 1.78. The summed E-state index contributed by atoms with van der Waals surface area (Å²) in [5.74, 6) is 0. The SMILES string of the molecule is OS1(O)C=Cc2c(CBr)cccc21. The quantitative estimate of drug-likeness (QED) is 0.757. The van der Waals surface area contributed by atoms with Crippen LogP contribution >= 0.6 is 26.5 Å². The van der Waals surface area contributed by atoms with Crippen LogP contribution in [-0.2, 0) is 5.33 Å². The van der Waals surface area contributed by atoms with E-state index in [0.717, 1.165) is 16.5 Å². The molecule has 13 heavy (non-hydrogen) atoms. The van der Waals surface area contributed by atoms with E-state index in [9.17, 15) is 9.11 Å². The monoisotopic (exact) mass is 260 g/mol. The molecule has 1 aliphatic heterocycles. The fourth-order valence-electron chi connectivity index (χ4n) is 1.39. The largest absolute Gasteiger partial charge is 0.291 e. The van der Waals surface area contributed by atoms with Gasteiger partial charge in [0.05, 0.1) is 4.90 Å². The second-order valence-electron chi connectivity index (χ2n) is 2.86. The van der Waals surface area contributed by atoms with Crippen LogP contribution in [0, 0.1) is 0 Å². The Hall–Kier alpha value is -0.290. The molecule has 0 fully saturated rings. The molecule has 0 bridgehead atoms. The van der Waals surface area contributed by atoms with E-state index in [0.29, 0.717) is 4.90 Å². The van der Waals surface area contributed by atoms with Gasteiger partial charge in [0.2, 0.25) is 0 Å².